The molecular formula is C13H13BrIN3S. The molecule has 19 heavy (non-hydrogen) atoms. The van der Waals surface area contributed by atoms with Crippen molar-refractivity contribution in [1.82, 2.24) is 9.97 Å². The van der Waals surface area contributed by atoms with Gasteiger partial charge in [-0.1, -0.05) is 22.0 Å². The van der Waals surface area contributed by atoms with E-state index in [4.69, 9.17) is 0 Å². The highest BCUT2D eigenvalue weighted by atomic mass is 127. The van der Waals surface area contributed by atoms with Crippen LogP contribution in [0.4, 0.5) is 5.82 Å². The molecule has 2 aromatic rings. The standard InChI is InChI=1S/C13H13BrIN3S/c1-8-12(15)13(16-2)18-11(17-8)7-19-10-5-3-4-9(14)6-10/h3-6H,7H2,1-2H3,(H,16,17,18). The third-order valence-corrected chi connectivity index (χ3v) is 5.24. The molecule has 0 atom stereocenters. The van der Waals surface area contributed by atoms with Gasteiger partial charge in [0.15, 0.2) is 0 Å². The Balaban J connectivity index is 2.13. The van der Waals surface area contributed by atoms with Crippen LogP contribution in [0.1, 0.15) is 11.5 Å². The first-order chi connectivity index (χ1) is 9.10. The predicted molar refractivity (Wildman–Crippen MR) is 92.7 cm³/mol. The summed E-state index contributed by atoms with van der Waals surface area (Å²) in [5.74, 6) is 2.52. The minimum absolute atomic E-state index is 0.767. The first-order valence-corrected chi connectivity index (χ1v) is 8.55. The van der Waals surface area contributed by atoms with Crippen LogP contribution < -0.4 is 5.32 Å². The van der Waals surface area contributed by atoms with Crippen molar-refractivity contribution < 1.29 is 0 Å². The van der Waals surface area contributed by atoms with Crippen molar-refractivity contribution in [3.63, 3.8) is 0 Å². The van der Waals surface area contributed by atoms with E-state index in [0.717, 1.165) is 31.1 Å². The molecule has 1 aromatic carbocycles. The van der Waals surface area contributed by atoms with Crippen LogP contribution in [-0.2, 0) is 5.75 Å². The van der Waals surface area contributed by atoms with E-state index in [0.29, 0.717) is 0 Å². The molecule has 3 nitrogen and oxygen atoms in total. The fourth-order valence-corrected chi connectivity index (χ4v) is 3.42. The number of hydrogen-bond acceptors (Lipinski definition) is 4. The van der Waals surface area contributed by atoms with Gasteiger partial charge in [-0.15, -0.1) is 11.8 Å². The molecule has 1 aromatic heterocycles. The summed E-state index contributed by atoms with van der Waals surface area (Å²) < 4.78 is 2.17. The molecule has 100 valence electrons. The number of halogens is 2. The highest BCUT2D eigenvalue weighted by molar-refractivity contribution is 14.1. The normalized spacial score (nSPS) is 10.5. The lowest BCUT2D eigenvalue weighted by Gasteiger charge is -2.08. The van der Waals surface area contributed by atoms with Crippen LogP contribution in [0.15, 0.2) is 33.6 Å². The van der Waals surface area contributed by atoms with Gasteiger partial charge in [-0.25, -0.2) is 9.97 Å². The van der Waals surface area contributed by atoms with E-state index in [1.54, 1.807) is 11.8 Å². The van der Waals surface area contributed by atoms with Crippen molar-refractivity contribution in [2.45, 2.75) is 17.6 Å². The van der Waals surface area contributed by atoms with Crippen molar-refractivity contribution in [2.75, 3.05) is 12.4 Å². The number of aryl methyl sites for hydroxylation is 1. The zero-order valence-electron chi connectivity index (χ0n) is 10.6. The van der Waals surface area contributed by atoms with Gasteiger partial charge in [-0.05, 0) is 47.7 Å². The monoisotopic (exact) mass is 449 g/mol. The molecule has 2 rings (SSSR count). The van der Waals surface area contributed by atoms with E-state index >= 15 is 0 Å². The summed E-state index contributed by atoms with van der Waals surface area (Å²) in [6.45, 7) is 2.01. The van der Waals surface area contributed by atoms with Crippen LogP contribution in [0.2, 0.25) is 0 Å². The average Bonchev–Trinajstić information content (AvgIpc) is 2.40. The summed E-state index contributed by atoms with van der Waals surface area (Å²) in [4.78, 5) is 10.3. The molecule has 0 bridgehead atoms. The molecule has 6 heteroatoms. The molecule has 1 heterocycles. The van der Waals surface area contributed by atoms with Crippen LogP contribution in [0.3, 0.4) is 0 Å². The van der Waals surface area contributed by atoms with Crippen LogP contribution >= 0.6 is 50.3 Å². The second-order valence-electron chi connectivity index (χ2n) is 3.88. The zero-order valence-corrected chi connectivity index (χ0v) is 15.1. The Bertz CT molecular complexity index is 592. The minimum atomic E-state index is 0.767. The van der Waals surface area contributed by atoms with E-state index < -0.39 is 0 Å². The molecular weight excluding hydrogens is 437 g/mol. The molecule has 0 unspecified atom stereocenters. The second-order valence-corrected chi connectivity index (χ2v) is 6.93. The third kappa shape index (κ3) is 4.06. The average molecular weight is 450 g/mol. The number of aromatic nitrogens is 2. The summed E-state index contributed by atoms with van der Waals surface area (Å²) in [6, 6.07) is 8.25. The quantitative estimate of drug-likeness (QED) is 0.551. The Labute approximate surface area is 139 Å². The van der Waals surface area contributed by atoms with Gasteiger partial charge in [0.25, 0.3) is 0 Å². The largest absolute Gasteiger partial charge is 0.372 e. The van der Waals surface area contributed by atoms with E-state index in [2.05, 4.69) is 65.9 Å². The van der Waals surface area contributed by atoms with E-state index in [1.807, 2.05) is 26.1 Å². The number of benzene rings is 1. The van der Waals surface area contributed by atoms with Gasteiger partial charge >= 0.3 is 0 Å². The minimum Gasteiger partial charge on any atom is -0.372 e. The molecule has 0 aliphatic carbocycles. The summed E-state index contributed by atoms with van der Waals surface area (Å²) >= 11 is 7.48. The number of hydrogen-bond donors (Lipinski definition) is 1. The first-order valence-electron chi connectivity index (χ1n) is 5.69. The Morgan fingerprint density at radius 2 is 2.16 bits per heavy atom. The fourth-order valence-electron chi connectivity index (χ4n) is 1.55. The van der Waals surface area contributed by atoms with Gasteiger partial charge < -0.3 is 5.32 Å². The van der Waals surface area contributed by atoms with Gasteiger partial charge in [-0.3, -0.25) is 0 Å². The number of nitrogens with one attached hydrogen (secondary N) is 1. The molecule has 0 amide bonds. The lowest BCUT2D eigenvalue weighted by atomic mass is 10.4. The Morgan fingerprint density at radius 3 is 2.84 bits per heavy atom. The number of rotatable bonds is 4. The second kappa shape index (κ2) is 6.90. The lowest BCUT2D eigenvalue weighted by molar-refractivity contribution is 0.984. The SMILES string of the molecule is CNc1nc(CSc2cccc(Br)c2)nc(C)c1I. The molecule has 1 N–H and O–H groups in total. The molecule has 0 aliphatic heterocycles. The van der Waals surface area contributed by atoms with E-state index in [1.165, 1.54) is 4.90 Å². The maximum absolute atomic E-state index is 4.53. The highest BCUT2D eigenvalue weighted by Crippen LogP contribution is 2.26. The summed E-state index contributed by atoms with van der Waals surface area (Å²) in [5, 5.41) is 3.11. The number of anilines is 1. The van der Waals surface area contributed by atoms with Gasteiger partial charge in [0.2, 0.25) is 0 Å². The number of thioether (sulfide) groups is 1. The zero-order chi connectivity index (χ0) is 13.8. The molecule has 0 saturated heterocycles. The smallest absolute Gasteiger partial charge is 0.143 e. The van der Waals surface area contributed by atoms with Crippen LogP contribution in [0.25, 0.3) is 0 Å². The van der Waals surface area contributed by atoms with Crippen LogP contribution in [-0.4, -0.2) is 17.0 Å². The maximum Gasteiger partial charge on any atom is 0.143 e. The van der Waals surface area contributed by atoms with E-state index in [-0.39, 0.29) is 0 Å². The van der Waals surface area contributed by atoms with Gasteiger partial charge in [-0.2, -0.15) is 0 Å². The van der Waals surface area contributed by atoms with Crippen molar-refractivity contribution in [3.05, 3.63) is 43.8 Å². The van der Waals surface area contributed by atoms with Gasteiger partial charge in [0.05, 0.1) is 15.0 Å². The Morgan fingerprint density at radius 1 is 1.37 bits per heavy atom. The third-order valence-electron chi connectivity index (χ3n) is 2.46. The van der Waals surface area contributed by atoms with Gasteiger partial charge in [0.1, 0.15) is 11.6 Å². The molecule has 0 aliphatic rings. The molecule has 0 saturated carbocycles. The Hall–Kier alpha value is -0.340. The highest BCUT2D eigenvalue weighted by Gasteiger charge is 2.08. The Kier molecular flexibility index (Phi) is 5.47. The predicted octanol–water partition coefficient (Wildman–Crippen LogP) is 4.49. The summed E-state index contributed by atoms with van der Waals surface area (Å²) in [5.41, 5.74) is 1.02. The van der Waals surface area contributed by atoms with Gasteiger partial charge in [0, 0.05) is 16.4 Å². The topological polar surface area (TPSA) is 37.8 Å². The molecule has 0 fully saturated rings. The summed E-state index contributed by atoms with van der Waals surface area (Å²) in [6.07, 6.45) is 0. The molecule has 0 radical (unpaired) electrons. The number of nitrogens with zero attached hydrogens (tertiary/aromatic N) is 2. The van der Waals surface area contributed by atoms with Crippen LogP contribution in [0, 0.1) is 10.5 Å². The van der Waals surface area contributed by atoms with Crippen molar-refractivity contribution in [2.24, 2.45) is 0 Å². The first kappa shape index (κ1) is 15.1. The molecule has 0 spiro atoms. The fraction of sp³-hybridized carbons (Fsp3) is 0.231. The van der Waals surface area contributed by atoms with Crippen molar-refractivity contribution in [1.29, 1.82) is 0 Å². The maximum atomic E-state index is 4.53. The summed E-state index contributed by atoms with van der Waals surface area (Å²) in [7, 11) is 1.88. The van der Waals surface area contributed by atoms with Crippen molar-refractivity contribution >= 4 is 56.1 Å². The lowest BCUT2D eigenvalue weighted by Crippen LogP contribution is -2.04. The van der Waals surface area contributed by atoms with Crippen LogP contribution in [0.5, 0.6) is 0 Å². The van der Waals surface area contributed by atoms with E-state index in [9.17, 15) is 0 Å². The van der Waals surface area contributed by atoms with Crippen molar-refractivity contribution in [3.8, 4) is 0 Å².